The smallest absolute Gasteiger partial charge is 0.282 e. The predicted octanol–water partition coefficient (Wildman–Crippen LogP) is 6.74. The van der Waals surface area contributed by atoms with Crippen LogP contribution in [-0.4, -0.2) is 15.9 Å². The summed E-state index contributed by atoms with van der Waals surface area (Å²) in [7, 11) is 0. The molecule has 1 aromatic heterocycles. The van der Waals surface area contributed by atoms with Gasteiger partial charge in [0.05, 0.1) is 26.6 Å². The third-order valence-corrected chi connectivity index (χ3v) is 6.19. The molecule has 0 radical (unpaired) electrons. The van der Waals surface area contributed by atoms with E-state index in [0.29, 0.717) is 44.0 Å². The molecule has 3 aromatic carbocycles. The molecule has 0 spiro atoms. The largest absolute Gasteiger partial charge is 0.486 e. The summed E-state index contributed by atoms with van der Waals surface area (Å²) >= 11 is 13.3. The highest BCUT2D eigenvalue weighted by atomic mass is 79.9. The Morgan fingerprint density at radius 2 is 1.91 bits per heavy atom. The van der Waals surface area contributed by atoms with Gasteiger partial charge in [0.2, 0.25) is 0 Å². The van der Waals surface area contributed by atoms with E-state index in [1.165, 1.54) is 16.8 Å². The summed E-state index contributed by atoms with van der Waals surface area (Å²) in [6.07, 6.45) is 2.09. The van der Waals surface area contributed by atoms with Crippen molar-refractivity contribution < 1.29 is 9.13 Å². The lowest BCUT2D eigenvalue weighted by Crippen LogP contribution is -2.22. The SMILES string of the molecule is CCc1nc2ccc(Br)cc2c(=O)n1N=Cc1cc(Cl)c(OCc2ccc(F)cc2)c(Br)c1. The van der Waals surface area contributed by atoms with Crippen molar-refractivity contribution in [2.24, 2.45) is 5.10 Å². The number of benzene rings is 3. The zero-order valence-electron chi connectivity index (χ0n) is 17.4. The second kappa shape index (κ2) is 10.2. The molecule has 4 aromatic rings. The van der Waals surface area contributed by atoms with E-state index in [-0.39, 0.29) is 18.0 Å². The standard InChI is InChI=1S/C24H17Br2ClFN3O2/c1-2-22-30-21-8-5-16(25)11-18(21)24(32)31(22)29-12-15-9-19(26)23(20(27)10-15)33-13-14-3-6-17(28)7-4-14/h3-12H,2,13H2,1H3. The number of aromatic nitrogens is 2. The Bertz CT molecular complexity index is 1400. The lowest BCUT2D eigenvalue weighted by molar-refractivity contribution is 0.304. The summed E-state index contributed by atoms with van der Waals surface area (Å²) in [5.41, 5.74) is 1.86. The summed E-state index contributed by atoms with van der Waals surface area (Å²) in [5, 5.41) is 5.23. The molecule has 0 aliphatic heterocycles. The van der Waals surface area contributed by atoms with E-state index in [4.69, 9.17) is 16.3 Å². The van der Waals surface area contributed by atoms with E-state index in [1.54, 1.807) is 42.6 Å². The van der Waals surface area contributed by atoms with Gasteiger partial charge < -0.3 is 4.74 Å². The molecule has 1 heterocycles. The van der Waals surface area contributed by atoms with Crippen LogP contribution in [0.25, 0.3) is 10.9 Å². The van der Waals surface area contributed by atoms with Gasteiger partial charge >= 0.3 is 0 Å². The van der Waals surface area contributed by atoms with Gasteiger partial charge in [0.25, 0.3) is 5.56 Å². The quantitative estimate of drug-likeness (QED) is 0.233. The van der Waals surface area contributed by atoms with Crippen molar-refractivity contribution in [3.05, 3.63) is 102 Å². The molecular formula is C24H17Br2ClFN3O2. The van der Waals surface area contributed by atoms with Crippen LogP contribution in [0.4, 0.5) is 4.39 Å². The molecule has 0 N–H and O–H groups in total. The van der Waals surface area contributed by atoms with Crippen molar-refractivity contribution in [2.75, 3.05) is 0 Å². The second-order valence-corrected chi connectivity index (χ2v) is 9.31. The Balaban J connectivity index is 1.62. The monoisotopic (exact) mass is 591 g/mol. The first-order valence-corrected chi connectivity index (χ1v) is 11.9. The number of ether oxygens (including phenoxy) is 1. The molecule has 0 unspecified atom stereocenters. The van der Waals surface area contributed by atoms with Gasteiger partial charge in [-0.2, -0.15) is 9.78 Å². The van der Waals surface area contributed by atoms with E-state index in [0.717, 1.165) is 10.0 Å². The summed E-state index contributed by atoms with van der Waals surface area (Å²) < 4.78 is 21.6. The van der Waals surface area contributed by atoms with Gasteiger partial charge in [-0.05, 0) is 69.5 Å². The Hall–Kier alpha value is -2.55. The third kappa shape index (κ3) is 5.34. The van der Waals surface area contributed by atoms with Crippen molar-refractivity contribution in [1.82, 2.24) is 9.66 Å². The van der Waals surface area contributed by atoms with E-state index in [9.17, 15) is 9.18 Å². The van der Waals surface area contributed by atoms with Gasteiger partial charge in [-0.15, -0.1) is 0 Å². The maximum Gasteiger partial charge on any atom is 0.282 e. The van der Waals surface area contributed by atoms with E-state index >= 15 is 0 Å². The number of hydrogen-bond donors (Lipinski definition) is 0. The lowest BCUT2D eigenvalue weighted by Gasteiger charge is -2.11. The third-order valence-electron chi connectivity index (χ3n) is 4.83. The fourth-order valence-corrected chi connectivity index (χ4v) is 4.55. The van der Waals surface area contributed by atoms with Crippen molar-refractivity contribution in [3.63, 3.8) is 0 Å². The summed E-state index contributed by atoms with van der Waals surface area (Å²) in [4.78, 5) is 17.6. The molecule has 4 rings (SSSR count). The van der Waals surface area contributed by atoms with Gasteiger partial charge in [0.1, 0.15) is 18.2 Å². The number of rotatable bonds is 6. The zero-order valence-corrected chi connectivity index (χ0v) is 21.3. The number of fused-ring (bicyclic) bond motifs is 1. The Morgan fingerprint density at radius 3 is 2.61 bits per heavy atom. The summed E-state index contributed by atoms with van der Waals surface area (Å²) in [6, 6.07) is 14.9. The zero-order chi connectivity index (χ0) is 23.5. The van der Waals surface area contributed by atoms with E-state index in [2.05, 4.69) is 41.9 Å². The molecule has 9 heteroatoms. The molecule has 0 aliphatic carbocycles. The van der Waals surface area contributed by atoms with Crippen LogP contribution in [0.15, 0.2) is 73.4 Å². The lowest BCUT2D eigenvalue weighted by atomic mass is 10.2. The predicted molar refractivity (Wildman–Crippen MR) is 136 cm³/mol. The number of halogens is 4. The Kier molecular flexibility index (Phi) is 7.26. The fourth-order valence-electron chi connectivity index (χ4n) is 3.20. The highest BCUT2D eigenvalue weighted by Gasteiger charge is 2.12. The number of nitrogens with zero attached hydrogens (tertiary/aromatic N) is 3. The highest BCUT2D eigenvalue weighted by Crippen LogP contribution is 2.34. The summed E-state index contributed by atoms with van der Waals surface area (Å²) in [5.74, 6) is 0.707. The molecule has 0 bridgehead atoms. The van der Waals surface area contributed by atoms with E-state index < -0.39 is 0 Å². The molecule has 0 amide bonds. The van der Waals surface area contributed by atoms with E-state index in [1.807, 2.05) is 13.0 Å². The molecule has 0 atom stereocenters. The van der Waals surface area contributed by atoms with Crippen LogP contribution in [0.2, 0.25) is 5.02 Å². The first-order valence-electron chi connectivity index (χ1n) is 9.97. The Morgan fingerprint density at radius 1 is 1.15 bits per heavy atom. The average molecular weight is 594 g/mol. The molecular weight excluding hydrogens is 577 g/mol. The molecule has 0 saturated carbocycles. The van der Waals surface area contributed by atoms with Gasteiger partial charge in [-0.1, -0.05) is 46.6 Å². The van der Waals surface area contributed by atoms with Crippen LogP contribution >= 0.6 is 43.5 Å². The van der Waals surface area contributed by atoms with Crippen LogP contribution in [0, 0.1) is 5.82 Å². The molecule has 0 fully saturated rings. The maximum absolute atomic E-state index is 13.1. The number of hydrogen-bond acceptors (Lipinski definition) is 4. The van der Waals surface area contributed by atoms with Crippen molar-refractivity contribution in [1.29, 1.82) is 0 Å². The topological polar surface area (TPSA) is 56.5 Å². The maximum atomic E-state index is 13.1. The normalized spacial score (nSPS) is 11.4. The van der Waals surface area contributed by atoms with Crippen LogP contribution < -0.4 is 10.3 Å². The van der Waals surface area contributed by atoms with Gasteiger partial charge in [-0.3, -0.25) is 4.79 Å². The van der Waals surface area contributed by atoms with Gasteiger partial charge in [0.15, 0.2) is 5.75 Å². The van der Waals surface area contributed by atoms with Crippen LogP contribution in [-0.2, 0) is 13.0 Å². The molecule has 5 nitrogen and oxygen atoms in total. The second-order valence-electron chi connectivity index (χ2n) is 7.13. The van der Waals surface area contributed by atoms with Crippen LogP contribution in [0.1, 0.15) is 23.9 Å². The minimum absolute atomic E-state index is 0.236. The van der Waals surface area contributed by atoms with Crippen LogP contribution in [0.3, 0.4) is 0 Å². The van der Waals surface area contributed by atoms with Gasteiger partial charge in [-0.25, -0.2) is 9.37 Å². The molecule has 33 heavy (non-hydrogen) atoms. The molecule has 0 aliphatic rings. The van der Waals surface area contributed by atoms with Crippen molar-refractivity contribution in [3.8, 4) is 5.75 Å². The highest BCUT2D eigenvalue weighted by molar-refractivity contribution is 9.10. The van der Waals surface area contributed by atoms with Crippen LogP contribution in [0.5, 0.6) is 5.75 Å². The first-order chi connectivity index (χ1) is 15.9. The van der Waals surface area contributed by atoms with Crippen molar-refractivity contribution in [2.45, 2.75) is 20.0 Å². The number of aryl methyl sites for hydroxylation is 1. The van der Waals surface area contributed by atoms with Gasteiger partial charge in [0, 0.05) is 10.9 Å². The molecule has 0 saturated heterocycles. The first kappa shape index (κ1) is 23.6. The minimum Gasteiger partial charge on any atom is -0.486 e. The molecule has 168 valence electrons. The minimum atomic E-state index is -0.304. The average Bonchev–Trinajstić information content (AvgIpc) is 2.79. The fraction of sp³-hybridized carbons (Fsp3) is 0.125. The Labute approximate surface area is 211 Å². The summed E-state index contributed by atoms with van der Waals surface area (Å²) in [6.45, 7) is 2.15. The van der Waals surface area contributed by atoms with Crippen molar-refractivity contribution >= 4 is 60.6 Å².